The van der Waals surface area contributed by atoms with Gasteiger partial charge in [-0.15, -0.1) is 0 Å². The average molecular weight is 253 g/mol. The minimum absolute atomic E-state index is 0.199. The summed E-state index contributed by atoms with van der Waals surface area (Å²) in [7, 11) is 0. The molecule has 2 aromatic rings. The monoisotopic (exact) mass is 253 g/mol. The lowest BCUT2D eigenvalue weighted by Crippen LogP contribution is -2.05. The number of hydrogen-bond acceptors (Lipinski definition) is 3. The second-order valence-electron chi connectivity index (χ2n) is 4.27. The summed E-state index contributed by atoms with van der Waals surface area (Å²) in [6.07, 6.45) is 2.68. The molecule has 0 spiro atoms. The number of carbonyl (C=O) groups is 1. The number of aldehydes is 1. The maximum absolute atomic E-state index is 11.2. The van der Waals surface area contributed by atoms with Gasteiger partial charge in [-0.3, -0.25) is 4.79 Å². The van der Waals surface area contributed by atoms with E-state index in [0.717, 1.165) is 18.4 Å². The molecule has 0 unspecified atom stereocenters. The predicted octanol–water partition coefficient (Wildman–Crippen LogP) is 3.03. The van der Waals surface area contributed by atoms with Gasteiger partial charge in [0.15, 0.2) is 12.0 Å². The maximum Gasteiger partial charge on any atom is 0.169 e. The average Bonchev–Trinajstić information content (AvgIpc) is 2.83. The molecular weight excluding hydrogens is 238 g/mol. The van der Waals surface area contributed by atoms with Crippen LogP contribution in [0.1, 0.15) is 35.9 Å². The van der Waals surface area contributed by atoms with E-state index in [1.54, 1.807) is 0 Å². The van der Waals surface area contributed by atoms with Crippen molar-refractivity contribution in [3.05, 3.63) is 41.7 Å². The molecule has 0 atom stereocenters. The van der Waals surface area contributed by atoms with Crippen LogP contribution in [0.4, 0.5) is 0 Å². The van der Waals surface area contributed by atoms with Crippen LogP contribution in [0.2, 0.25) is 0 Å². The molecule has 1 aromatic carbocycles. The Morgan fingerprint density at radius 3 is 2.68 bits per heavy atom. The highest BCUT2D eigenvalue weighted by molar-refractivity contribution is 5.78. The molecular formula is C15H15N3O. The standard InChI is InChI=1S/C15H15N3O/c1-2-3-9-18-14(11-19)13(10-16)17-15(18)12-7-5-4-6-8-12/h4-8,11H,2-3,9H2,1H3. The van der Waals surface area contributed by atoms with E-state index >= 15 is 0 Å². The third-order valence-corrected chi connectivity index (χ3v) is 2.99. The van der Waals surface area contributed by atoms with Gasteiger partial charge in [-0.1, -0.05) is 43.7 Å². The zero-order chi connectivity index (χ0) is 13.7. The van der Waals surface area contributed by atoms with Crippen molar-refractivity contribution < 1.29 is 4.79 Å². The van der Waals surface area contributed by atoms with Gasteiger partial charge in [0.1, 0.15) is 17.6 Å². The van der Waals surface area contributed by atoms with Gasteiger partial charge in [0.25, 0.3) is 0 Å². The van der Waals surface area contributed by atoms with Crippen LogP contribution >= 0.6 is 0 Å². The number of hydrogen-bond donors (Lipinski definition) is 0. The van der Waals surface area contributed by atoms with Crippen molar-refractivity contribution in [1.82, 2.24) is 9.55 Å². The highest BCUT2D eigenvalue weighted by Crippen LogP contribution is 2.22. The summed E-state index contributed by atoms with van der Waals surface area (Å²) in [4.78, 5) is 15.5. The van der Waals surface area contributed by atoms with Crippen LogP contribution < -0.4 is 0 Å². The van der Waals surface area contributed by atoms with Gasteiger partial charge in [0.05, 0.1) is 0 Å². The van der Waals surface area contributed by atoms with Crippen molar-refractivity contribution in [2.24, 2.45) is 0 Å². The van der Waals surface area contributed by atoms with Gasteiger partial charge in [-0.05, 0) is 6.42 Å². The Labute approximate surface area is 112 Å². The summed E-state index contributed by atoms with van der Waals surface area (Å²) in [6.45, 7) is 2.79. The Kier molecular flexibility index (Phi) is 4.09. The molecule has 0 amide bonds. The zero-order valence-corrected chi connectivity index (χ0v) is 10.8. The molecule has 2 rings (SSSR count). The predicted molar refractivity (Wildman–Crippen MR) is 72.7 cm³/mol. The van der Waals surface area contributed by atoms with Crippen molar-refractivity contribution >= 4 is 6.29 Å². The van der Waals surface area contributed by atoms with E-state index in [9.17, 15) is 4.79 Å². The molecule has 0 aliphatic rings. The number of imidazole rings is 1. The van der Waals surface area contributed by atoms with Crippen LogP contribution in [0, 0.1) is 11.3 Å². The van der Waals surface area contributed by atoms with Crippen molar-refractivity contribution in [1.29, 1.82) is 5.26 Å². The van der Waals surface area contributed by atoms with E-state index in [0.29, 0.717) is 24.3 Å². The van der Waals surface area contributed by atoms with E-state index in [-0.39, 0.29) is 5.69 Å². The topological polar surface area (TPSA) is 58.7 Å². The highest BCUT2D eigenvalue weighted by atomic mass is 16.1. The number of nitrogens with zero attached hydrogens (tertiary/aromatic N) is 3. The number of nitriles is 1. The van der Waals surface area contributed by atoms with Gasteiger partial charge in [0, 0.05) is 12.1 Å². The largest absolute Gasteiger partial charge is 0.321 e. The fraction of sp³-hybridized carbons (Fsp3) is 0.267. The molecule has 0 N–H and O–H groups in total. The van der Waals surface area contributed by atoms with Crippen LogP contribution in [0.25, 0.3) is 11.4 Å². The van der Waals surface area contributed by atoms with Crippen LogP contribution in [-0.4, -0.2) is 15.8 Å². The molecule has 4 nitrogen and oxygen atoms in total. The van der Waals surface area contributed by atoms with Crippen molar-refractivity contribution in [3.63, 3.8) is 0 Å². The highest BCUT2D eigenvalue weighted by Gasteiger charge is 2.17. The van der Waals surface area contributed by atoms with Gasteiger partial charge in [0.2, 0.25) is 0 Å². The van der Waals surface area contributed by atoms with Crippen LogP contribution in [0.3, 0.4) is 0 Å². The normalized spacial score (nSPS) is 10.1. The van der Waals surface area contributed by atoms with Crippen LogP contribution in [-0.2, 0) is 6.54 Å². The molecule has 0 aliphatic carbocycles. The summed E-state index contributed by atoms with van der Waals surface area (Å²) in [6, 6.07) is 11.6. The first-order valence-electron chi connectivity index (χ1n) is 6.33. The summed E-state index contributed by atoms with van der Waals surface area (Å²) in [5, 5.41) is 9.07. The summed E-state index contributed by atoms with van der Waals surface area (Å²) >= 11 is 0. The third kappa shape index (κ3) is 2.55. The first-order chi connectivity index (χ1) is 9.31. The molecule has 0 aliphatic heterocycles. The summed E-state index contributed by atoms with van der Waals surface area (Å²) in [5.41, 5.74) is 1.49. The molecule has 0 saturated carbocycles. The fourth-order valence-corrected chi connectivity index (χ4v) is 2.02. The van der Waals surface area contributed by atoms with E-state index < -0.39 is 0 Å². The lowest BCUT2D eigenvalue weighted by molar-refractivity contribution is 0.111. The number of aromatic nitrogens is 2. The maximum atomic E-state index is 11.2. The molecule has 0 fully saturated rings. The Bertz CT molecular complexity index is 608. The molecule has 19 heavy (non-hydrogen) atoms. The van der Waals surface area contributed by atoms with E-state index in [1.807, 2.05) is 41.0 Å². The second-order valence-corrected chi connectivity index (χ2v) is 4.27. The van der Waals surface area contributed by atoms with Crippen molar-refractivity contribution in [2.75, 3.05) is 0 Å². The van der Waals surface area contributed by atoms with E-state index in [4.69, 9.17) is 5.26 Å². The second kappa shape index (κ2) is 5.96. The minimum Gasteiger partial charge on any atom is -0.321 e. The number of benzene rings is 1. The summed E-state index contributed by atoms with van der Waals surface area (Å²) in [5.74, 6) is 0.688. The Hall–Kier alpha value is -2.41. The van der Waals surface area contributed by atoms with Gasteiger partial charge in [-0.25, -0.2) is 4.98 Å². The van der Waals surface area contributed by atoms with Crippen molar-refractivity contribution in [2.45, 2.75) is 26.3 Å². The molecule has 96 valence electrons. The van der Waals surface area contributed by atoms with Gasteiger partial charge < -0.3 is 4.57 Å². The molecule has 4 heteroatoms. The summed E-state index contributed by atoms with van der Waals surface area (Å²) < 4.78 is 1.84. The Morgan fingerprint density at radius 2 is 2.11 bits per heavy atom. The smallest absolute Gasteiger partial charge is 0.169 e. The quantitative estimate of drug-likeness (QED) is 0.769. The molecule has 0 saturated heterocycles. The molecule has 0 radical (unpaired) electrons. The molecule has 1 heterocycles. The van der Waals surface area contributed by atoms with Gasteiger partial charge >= 0.3 is 0 Å². The van der Waals surface area contributed by atoms with Crippen LogP contribution in [0.15, 0.2) is 30.3 Å². The first kappa shape index (κ1) is 13.0. The van der Waals surface area contributed by atoms with Crippen molar-refractivity contribution in [3.8, 4) is 17.5 Å². The van der Waals surface area contributed by atoms with E-state index in [2.05, 4.69) is 11.9 Å². The minimum atomic E-state index is 0.199. The van der Waals surface area contributed by atoms with Crippen LogP contribution in [0.5, 0.6) is 0 Å². The Morgan fingerprint density at radius 1 is 1.37 bits per heavy atom. The van der Waals surface area contributed by atoms with Gasteiger partial charge in [-0.2, -0.15) is 5.26 Å². The number of unbranched alkanes of at least 4 members (excludes halogenated alkanes) is 1. The third-order valence-electron chi connectivity index (χ3n) is 2.99. The van der Waals surface area contributed by atoms with E-state index in [1.165, 1.54) is 0 Å². The number of rotatable bonds is 5. The number of carbonyl (C=O) groups excluding carboxylic acids is 1. The zero-order valence-electron chi connectivity index (χ0n) is 10.8. The lowest BCUT2D eigenvalue weighted by atomic mass is 10.2. The Balaban J connectivity index is 2.56. The molecule has 0 bridgehead atoms. The lowest BCUT2D eigenvalue weighted by Gasteiger charge is -2.08. The molecule has 1 aromatic heterocycles. The fourth-order valence-electron chi connectivity index (χ4n) is 2.02. The SMILES string of the molecule is CCCCn1c(-c2ccccc2)nc(C#N)c1C=O. The first-order valence-corrected chi connectivity index (χ1v) is 6.33.